The number of nitrogens with zero attached hydrogens (tertiary/aromatic N) is 1. The number of hydrogen-bond donors (Lipinski definition) is 0. The van der Waals surface area contributed by atoms with Gasteiger partial charge in [0, 0.05) is 12.4 Å². The summed E-state index contributed by atoms with van der Waals surface area (Å²) in [5.41, 5.74) is 1.05. The van der Waals surface area contributed by atoms with Crippen LogP contribution in [0.5, 0.6) is 0 Å². The van der Waals surface area contributed by atoms with Crippen molar-refractivity contribution in [1.29, 1.82) is 0 Å². The second kappa shape index (κ2) is 7.01. The zero-order chi connectivity index (χ0) is 13.7. The molecule has 0 saturated heterocycles. The third-order valence-corrected chi connectivity index (χ3v) is 4.10. The molecule has 1 fully saturated rings. The van der Waals surface area contributed by atoms with Crippen LogP contribution in [-0.4, -0.2) is 11.1 Å². The highest BCUT2D eigenvalue weighted by molar-refractivity contribution is 5.06. The summed E-state index contributed by atoms with van der Waals surface area (Å²) in [5.74, 6) is 2.01. The lowest BCUT2D eigenvalue weighted by molar-refractivity contribution is -0.349. The average molecular weight is 263 g/mol. The molecule has 1 saturated carbocycles. The molecule has 0 bridgehead atoms. The molecule has 0 radical (unpaired) electrons. The molecule has 1 aromatic rings. The van der Waals surface area contributed by atoms with Gasteiger partial charge in [-0.15, -0.1) is 0 Å². The summed E-state index contributed by atoms with van der Waals surface area (Å²) in [7, 11) is 0. The van der Waals surface area contributed by atoms with Gasteiger partial charge in [-0.05, 0) is 42.2 Å². The van der Waals surface area contributed by atoms with Crippen molar-refractivity contribution >= 4 is 0 Å². The van der Waals surface area contributed by atoms with Gasteiger partial charge in [-0.1, -0.05) is 33.3 Å². The van der Waals surface area contributed by atoms with Crippen molar-refractivity contribution < 1.29 is 9.78 Å². The molecule has 19 heavy (non-hydrogen) atoms. The van der Waals surface area contributed by atoms with Crippen LogP contribution in [0.15, 0.2) is 24.5 Å². The van der Waals surface area contributed by atoms with Gasteiger partial charge in [-0.25, -0.2) is 9.78 Å². The molecule has 0 unspecified atom stereocenters. The summed E-state index contributed by atoms with van der Waals surface area (Å²) in [6.45, 7) is 7.33. The molecule has 1 aliphatic rings. The van der Waals surface area contributed by atoms with Crippen LogP contribution in [0, 0.1) is 17.8 Å². The highest BCUT2D eigenvalue weighted by atomic mass is 17.2. The summed E-state index contributed by atoms with van der Waals surface area (Å²) in [5, 5.41) is 0. The molecule has 3 heteroatoms. The lowest BCUT2D eigenvalue weighted by Crippen LogP contribution is -2.34. The van der Waals surface area contributed by atoms with Crippen molar-refractivity contribution in [3.05, 3.63) is 30.1 Å². The Morgan fingerprint density at radius 1 is 1.37 bits per heavy atom. The van der Waals surface area contributed by atoms with Crippen LogP contribution in [0.25, 0.3) is 0 Å². The Labute approximate surface area is 116 Å². The number of hydrogen-bond acceptors (Lipinski definition) is 3. The van der Waals surface area contributed by atoms with Gasteiger partial charge < -0.3 is 0 Å². The molecule has 106 valence electrons. The molecule has 0 N–H and O–H groups in total. The van der Waals surface area contributed by atoms with Crippen molar-refractivity contribution in [1.82, 2.24) is 4.98 Å². The smallest absolute Gasteiger partial charge is 0.109 e. The predicted molar refractivity (Wildman–Crippen MR) is 75.2 cm³/mol. The third kappa shape index (κ3) is 4.29. The van der Waals surface area contributed by atoms with Gasteiger partial charge in [0.05, 0.1) is 6.10 Å². The molecule has 3 atom stereocenters. The Bertz CT molecular complexity index is 366. The molecule has 0 aromatic carbocycles. The molecule has 1 aromatic heterocycles. The van der Waals surface area contributed by atoms with Crippen LogP contribution in [0.3, 0.4) is 0 Å². The van der Waals surface area contributed by atoms with Gasteiger partial charge in [0.1, 0.15) is 6.61 Å². The fourth-order valence-corrected chi connectivity index (χ4v) is 2.90. The quantitative estimate of drug-likeness (QED) is 0.594. The Kier molecular flexibility index (Phi) is 5.34. The second-order valence-electron chi connectivity index (χ2n) is 6.08. The van der Waals surface area contributed by atoms with Gasteiger partial charge in [0.15, 0.2) is 0 Å². The fourth-order valence-electron chi connectivity index (χ4n) is 2.90. The standard InChI is InChI=1S/C16H25NO2/c1-12(2)15-7-6-13(3)9-16(15)19-18-11-14-5-4-8-17-10-14/h4-5,8,10,12-13,15-16H,6-7,9,11H2,1-3H3/t13-,15+,16-/m1/s1. The minimum absolute atomic E-state index is 0.237. The number of aromatic nitrogens is 1. The maximum absolute atomic E-state index is 5.70. The predicted octanol–water partition coefficient (Wildman–Crippen LogP) is 3.99. The monoisotopic (exact) mass is 263 g/mol. The Hall–Kier alpha value is -0.930. The first-order valence-corrected chi connectivity index (χ1v) is 7.34. The fraction of sp³-hybridized carbons (Fsp3) is 0.688. The van der Waals surface area contributed by atoms with Gasteiger partial charge >= 0.3 is 0 Å². The topological polar surface area (TPSA) is 31.4 Å². The normalized spacial score (nSPS) is 27.7. The average Bonchev–Trinajstić information content (AvgIpc) is 2.39. The van der Waals surface area contributed by atoms with Gasteiger partial charge in [0.25, 0.3) is 0 Å². The molecule has 2 rings (SSSR count). The molecule has 0 spiro atoms. The third-order valence-electron chi connectivity index (χ3n) is 4.10. The van der Waals surface area contributed by atoms with E-state index >= 15 is 0 Å². The Balaban J connectivity index is 1.82. The minimum Gasteiger partial charge on any atom is -0.264 e. The van der Waals surface area contributed by atoms with Gasteiger partial charge in [-0.2, -0.15) is 0 Å². The van der Waals surface area contributed by atoms with Crippen LogP contribution in [0.2, 0.25) is 0 Å². The number of pyridine rings is 1. The first-order chi connectivity index (χ1) is 9.16. The second-order valence-corrected chi connectivity index (χ2v) is 6.08. The summed E-state index contributed by atoms with van der Waals surface area (Å²) < 4.78 is 0. The molecule has 0 amide bonds. The zero-order valence-corrected chi connectivity index (χ0v) is 12.2. The van der Waals surface area contributed by atoms with Crippen LogP contribution in [0.1, 0.15) is 45.6 Å². The van der Waals surface area contributed by atoms with Crippen molar-refractivity contribution in [2.75, 3.05) is 0 Å². The van der Waals surface area contributed by atoms with E-state index < -0.39 is 0 Å². The van der Waals surface area contributed by atoms with Crippen LogP contribution < -0.4 is 0 Å². The summed E-state index contributed by atoms with van der Waals surface area (Å²) in [6, 6.07) is 3.91. The van der Waals surface area contributed by atoms with Gasteiger partial charge in [0.2, 0.25) is 0 Å². The van der Waals surface area contributed by atoms with E-state index in [1.165, 1.54) is 12.8 Å². The van der Waals surface area contributed by atoms with E-state index in [-0.39, 0.29) is 6.10 Å². The number of rotatable bonds is 5. The minimum atomic E-state index is 0.237. The molecular formula is C16H25NO2. The van der Waals surface area contributed by atoms with E-state index in [4.69, 9.17) is 9.78 Å². The summed E-state index contributed by atoms with van der Waals surface area (Å²) >= 11 is 0. The molecule has 1 aliphatic carbocycles. The van der Waals surface area contributed by atoms with Crippen molar-refractivity contribution in [3.8, 4) is 0 Å². The maximum Gasteiger partial charge on any atom is 0.109 e. The van der Waals surface area contributed by atoms with E-state index in [2.05, 4.69) is 25.8 Å². The molecule has 1 heterocycles. The van der Waals surface area contributed by atoms with Gasteiger partial charge in [-0.3, -0.25) is 4.98 Å². The van der Waals surface area contributed by atoms with Crippen LogP contribution in [-0.2, 0) is 16.4 Å². The van der Waals surface area contributed by atoms with Crippen molar-refractivity contribution in [3.63, 3.8) is 0 Å². The lowest BCUT2D eigenvalue weighted by atomic mass is 9.75. The van der Waals surface area contributed by atoms with E-state index in [0.717, 1.165) is 17.9 Å². The highest BCUT2D eigenvalue weighted by Crippen LogP contribution is 2.35. The summed E-state index contributed by atoms with van der Waals surface area (Å²) in [6.07, 6.45) is 7.48. The molecule has 0 aliphatic heterocycles. The van der Waals surface area contributed by atoms with Crippen molar-refractivity contribution in [2.24, 2.45) is 17.8 Å². The van der Waals surface area contributed by atoms with Crippen LogP contribution in [0.4, 0.5) is 0 Å². The first kappa shape index (κ1) is 14.5. The SMILES string of the molecule is CC(C)[C@@H]1CC[C@@H](C)C[C@H]1OOCc1cccnc1. The first-order valence-electron chi connectivity index (χ1n) is 7.34. The zero-order valence-electron chi connectivity index (χ0n) is 12.2. The van der Waals surface area contributed by atoms with Crippen LogP contribution >= 0.6 is 0 Å². The molecular weight excluding hydrogens is 238 g/mol. The Morgan fingerprint density at radius 2 is 2.21 bits per heavy atom. The van der Waals surface area contributed by atoms with Crippen molar-refractivity contribution in [2.45, 2.75) is 52.7 Å². The van der Waals surface area contributed by atoms with E-state index in [1.807, 2.05) is 18.3 Å². The summed E-state index contributed by atoms with van der Waals surface area (Å²) in [4.78, 5) is 15.2. The maximum atomic E-state index is 5.70. The van der Waals surface area contributed by atoms with E-state index in [1.54, 1.807) is 6.20 Å². The Morgan fingerprint density at radius 3 is 2.89 bits per heavy atom. The highest BCUT2D eigenvalue weighted by Gasteiger charge is 2.32. The molecule has 3 nitrogen and oxygen atoms in total. The largest absolute Gasteiger partial charge is 0.264 e. The van der Waals surface area contributed by atoms with E-state index in [9.17, 15) is 0 Å². The van der Waals surface area contributed by atoms with E-state index in [0.29, 0.717) is 18.4 Å². The lowest BCUT2D eigenvalue weighted by Gasteiger charge is -2.36.